The number of anilines is 1. The van der Waals surface area contributed by atoms with Gasteiger partial charge < -0.3 is 19.7 Å². The van der Waals surface area contributed by atoms with E-state index in [1.165, 1.54) is 11.8 Å². The Balaban J connectivity index is 1.58. The van der Waals surface area contributed by atoms with Crippen molar-refractivity contribution >= 4 is 23.3 Å². The van der Waals surface area contributed by atoms with Crippen LogP contribution in [0.15, 0.2) is 24.3 Å². The highest BCUT2D eigenvalue weighted by atomic mass is 16.7. The number of benzene rings is 1. The van der Waals surface area contributed by atoms with Gasteiger partial charge in [-0.25, -0.2) is 0 Å². The topological polar surface area (TPSA) is 84.9 Å². The number of carbonyl (C=O) groups is 3. The van der Waals surface area contributed by atoms with Gasteiger partial charge in [0.1, 0.15) is 0 Å². The minimum absolute atomic E-state index is 0.102. The summed E-state index contributed by atoms with van der Waals surface area (Å²) in [6.45, 7) is 3.42. The highest BCUT2D eigenvalue weighted by Gasteiger charge is 2.41. The fourth-order valence-electron chi connectivity index (χ4n) is 2.98. The molecule has 1 N–H and O–H groups in total. The van der Waals surface area contributed by atoms with E-state index >= 15 is 0 Å². The summed E-state index contributed by atoms with van der Waals surface area (Å²) in [7, 11) is 0. The number of ketones is 1. The van der Waals surface area contributed by atoms with Gasteiger partial charge in [0.2, 0.25) is 0 Å². The lowest BCUT2D eigenvalue weighted by molar-refractivity contribution is -0.187. The molecule has 0 aromatic heterocycles. The number of piperidine rings is 1. The standard InChI is InChI=1S/C17H20N2O5/c1-12(20)13-3-2-4-14(11-13)18-15(21)16(22)19-7-5-17(6-8-19)23-9-10-24-17/h2-4,11H,5-10H2,1H3,(H,18,21). The smallest absolute Gasteiger partial charge is 0.313 e. The van der Waals surface area contributed by atoms with Crippen LogP contribution < -0.4 is 5.32 Å². The largest absolute Gasteiger partial charge is 0.347 e. The monoisotopic (exact) mass is 332 g/mol. The van der Waals surface area contributed by atoms with Crippen LogP contribution in [0.4, 0.5) is 5.69 Å². The first-order valence-corrected chi connectivity index (χ1v) is 7.98. The highest BCUT2D eigenvalue weighted by molar-refractivity contribution is 6.39. The van der Waals surface area contributed by atoms with Crippen LogP contribution in [-0.4, -0.2) is 54.6 Å². The van der Waals surface area contributed by atoms with Gasteiger partial charge in [-0.3, -0.25) is 14.4 Å². The van der Waals surface area contributed by atoms with Gasteiger partial charge >= 0.3 is 11.8 Å². The van der Waals surface area contributed by atoms with Crippen molar-refractivity contribution < 1.29 is 23.9 Å². The first-order chi connectivity index (χ1) is 11.5. The van der Waals surface area contributed by atoms with E-state index < -0.39 is 17.6 Å². The number of hydrogen-bond acceptors (Lipinski definition) is 5. The Hall–Kier alpha value is -2.25. The van der Waals surface area contributed by atoms with Gasteiger partial charge in [0.15, 0.2) is 11.6 Å². The number of likely N-dealkylation sites (tertiary alicyclic amines) is 1. The zero-order chi connectivity index (χ0) is 17.2. The van der Waals surface area contributed by atoms with E-state index in [-0.39, 0.29) is 5.78 Å². The molecule has 2 aliphatic rings. The Bertz CT molecular complexity index is 657. The van der Waals surface area contributed by atoms with E-state index in [9.17, 15) is 14.4 Å². The zero-order valence-corrected chi connectivity index (χ0v) is 13.5. The van der Waals surface area contributed by atoms with Crippen molar-refractivity contribution in [3.63, 3.8) is 0 Å². The Kier molecular flexibility index (Phi) is 4.64. The van der Waals surface area contributed by atoms with Crippen molar-refractivity contribution in [3.05, 3.63) is 29.8 Å². The van der Waals surface area contributed by atoms with Crippen LogP contribution >= 0.6 is 0 Å². The Labute approximate surface area is 139 Å². The fourth-order valence-corrected chi connectivity index (χ4v) is 2.98. The predicted molar refractivity (Wildman–Crippen MR) is 85.5 cm³/mol. The second kappa shape index (κ2) is 6.70. The van der Waals surface area contributed by atoms with Crippen molar-refractivity contribution in [1.82, 2.24) is 4.90 Å². The molecular weight excluding hydrogens is 312 g/mol. The van der Waals surface area contributed by atoms with Gasteiger partial charge in [0.25, 0.3) is 0 Å². The van der Waals surface area contributed by atoms with Crippen molar-refractivity contribution in [2.75, 3.05) is 31.6 Å². The molecule has 1 spiro atoms. The third kappa shape index (κ3) is 3.47. The summed E-state index contributed by atoms with van der Waals surface area (Å²) in [5.74, 6) is -1.98. The lowest BCUT2D eigenvalue weighted by Crippen LogP contribution is -2.50. The van der Waals surface area contributed by atoms with Crippen molar-refractivity contribution in [3.8, 4) is 0 Å². The van der Waals surface area contributed by atoms with Gasteiger partial charge in [0.05, 0.1) is 13.2 Å². The van der Waals surface area contributed by atoms with Gasteiger partial charge in [-0.1, -0.05) is 12.1 Å². The SMILES string of the molecule is CC(=O)c1cccc(NC(=O)C(=O)N2CCC3(CC2)OCCO3)c1. The second-order valence-corrected chi connectivity index (χ2v) is 5.99. The first kappa shape index (κ1) is 16.6. The summed E-state index contributed by atoms with van der Waals surface area (Å²) in [5, 5.41) is 2.55. The summed E-state index contributed by atoms with van der Waals surface area (Å²) < 4.78 is 11.2. The third-order valence-electron chi connectivity index (χ3n) is 4.35. The molecule has 2 amide bonds. The van der Waals surface area contributed by atoms with Crippen molar-refractivity contribution in [2.45, 2.75) is 25.6 Å². The summed E-state index contributed by atoms with van der Waals surface area (Å²) in [6.07, 6.45) is 1.12. The van der Waals surface area contributed by atoms with E-state index in [1.54, 1.807) is 24.3 Å². The number of hydrogen-bond donors (Lipinski definition) is 1. The average molecular weight is 332 g/mol. The van der Waals surface area contributed by atoms with E-state index in [0.29, 0.717) is 50.4 Å². The van der Waals surface area contributed by atoms with Crippen molar-refractivity contribution in [1.29, 1.82) is 0 Å². The molecule has 0 radical (unpaired) electrons. The summed E-state index contributed by atoms with van der Waals surface area (Å²) in [5.41, 5.74) is 0.910. The quantitative estimate of drug-likeness (QED) is 0.650. The van der Waals surface area contributed by atoms with Crippen LogP contribution in [-0.2, 0) is 19.1 Å². The number of rotatable bonds is 2. The molecule has 1 aromatic carbocycles. The zero-order valence-electron chi connectivity index (χ0n) is 13.5. The number of amides is 2. The van der Waals surface area contributed by atoms with Crippen LogP contribution in [0.2, 0.25) is 0 Å². The van der Waals surface area contributed by atoms with Gasteiger partial charge in [-0.2, -0.15) is 0 Å². The fraction of sp³-hybridized carbons (Fsp3) is 0.471. The molecule has 3 rings (SSSR count). The number of Topliss-reactive ketones (excluding diaryl/α,β-unsaturated/α-hetero) is 1. The maximum atomic E-state index is 12.3. The molecule has 24 heavy (non-hydrogen) atoms. The Morgan fingerprint density at radius 2 is 1.79 bits per heavy atom. The molecule has 7 heteroatoms. The van der Waals surface area contributed by atoms with Gasteiger partial charge in [-0.15, -0.1) is 0 Å². The number of nitrogens with zero attached hydrogens (tertiary/aromatic N) is 1. The van der Waals surface area contributed by atoms with Crippen LogP contribution in [0.5, 0.6) is 0 Å². The first-order valence-electron chi connectivity index (χ1n) is 7.98. The van der Waals surface area contributed by atoms with E-state index in [1.807, 2.05) is 0 Å². The maximum absolute atomic E-state index is 12.3. The molecule has 2 fully saturated rings. The molecule has 0 atom stereocenters. The molecule has 1 aromatic rings. The third-order valence-corrected chi connectivity index (χ3v) is 4.35. The minimum Gasteiger partial charge on any atom is -0.347 e. The Morgan fingerprint density at radius 3 is 2.42 bits per heavy atom. The van der Waals surface area contributed by atoms with E-state index in [2.05, 4.69) is 5.32 Å². The predicted octanol–water partition coefficient (Wildman–Crippen LogP) is 1.19. The molecule has 128 valence electrons. The van der Waals surface area contributed by atoms with Crippen LogP contribution in [0.1, 0.15) is 30.1 Å². The van der Waals surface area contributed by atoms with Crippen LogP contribution in [0.3, 0.4) is 0 Å². The molecular formula is C17H20N2O5. The summed E-state index contributed by atoms with van der Waals surface area (Å²) >= 11 is 0. The highest BCUT2D eigenvalue weighted by Crippen LogP contribution is 2.31. The molecule has 2 saturated heterocycles. The molecule has 0 bridgehead atoms. The number of nitrogens with one attached hydrogen (secondary N) is 1. The maximum Gasteiger partial charge on any atom is 0.313 e. The average Bonchev–Trinajstić information content (AvgIpc) is 3.03. The summed E-state index contributed by atoms with van der Waals surface area (Å²) in [4.78, 5) is 37.3. The second-order valence-electron chi connectivity index (χ2n) is 5.99. The summed E-state index contributed by atoms with van der Waals surface area (Å²) in [6, 6.07) is 6.52. The lowest BCUT2D eigenvalue weighted by Gasteiger charge is -2.37. The number of ether oxygens (including phenoxy) is 2. The number of carbonyl (C=O) groups excluding carboxylic acids is 3. The molecule has 0 saturated carbocycles. The van der Waals surface area contributed by atoms with Crippen LogP contribution in [0, 0.1) is 0 Å². The molecule has 0 unspecified atom stereocenters. The van der Waals surface area contributed by atoms with Crippen LogP contribution in [0.25, 0.3) is 0 Å². The normalized spacial score (nSPS) is 19.3. The van der Waals surface area contributed by atoms with Crippen molar-refractivity contribution in [2.24, 2.45) is 0 Å². The van der Waals surface area contributed by atoms with E-state index in [0.717, 1.165) is 0 Å². The minimum atomic E-state index is -0.708. The Morgan fingerprint density at radius 1 is 1.12 bits per heavy atom. The molecule has 2 heterocycles. The van der Waals surface area contributed by atoms with E-state index in [4.69, 9.17) is 9.47 Å². The molecule has 2 aliphatic heterocycles. The van der Waals surface area contributed by atoms with Gasteiger partial charge in [-0.05, 0) is 19.1 Å². The lowest BCUT2D eigenvalue weighted by atomic mass is 10.0. The molecule has 7 nitrogen and oxygen atoms in total. The van der Waals surface area contributed by atoms with Gasteiger partial charge in [0, 0.05) is 37.2 Å². The molecule has 0 aliphatic carbocycles.